The third kappa shape index (κ3) is 1.71. The van der Waals surface area contributed by atoms with Crippen LogP contribution < -0.4 is 0 Å². The van der Waals surface area contributed by atoms with Gasteiger partial charge in [0.25, 0.3) is 0 Å². The van der Waals surface area contributed by atoms with Gasteiger partial charge in [0.1, 0.15) is 0 Å². The molecule has 0 aromatic rings. The Labute approximate surface area is 56.7 Å². The highest BCUT2D eigenvalue weighted by Gasteiger charge is 2.20. The van der Waals surface area contributed by atoms with Crippen LogP contribution in [0.3, 0.4) is 0 Å². The van der Waals surface area contributed by atoms with E-state index in [-0.39, 0.29) is 0 Å². The molecule has 1 nitrogen and oxygen atoms in total. The van der Waals surface area contributed by atoms with Crippen molar-refractivity contribution in [3.8, 4) is 6.07 Å². The van der Waals surface area contributed by atoms with E-state index in [4.69, 9.17) is 5.26 Å². The summed E-state index contributed by atoms with van der Waals surface area (Å²) in [7, 11) is 0. The molecule has 1 heteroatoms. The lowest BCUT2D eigenvalue weighted by Crippen LogP contribution is -1.91. The van der Waals surface area contributed by atoms with E-state index in [1.54, 1.807) is 0 Å². The number of hydrogen-bond donors (Lipinski definition) is 0. The minimum Gasteiger partial charge on any atom is -0.198 e. The lowest BCUT2D eigenvalue weighted by molar-refractivity contribution is 0.525. The van der Waals surface area contributed by atoms with Crippen molar-refractivity contribution in [1.82, 2.24) is 0 Å². The molecule has 0 heterocycles. The smallest absolute Gasteiger partial charge is 0.0624 e. The van der Waals surface area contributed by atoms with Crippen molar-refractivity contribution in [2.45, 2.75) is 32.6 Å². The summed E-state index contributed by atoms with van der Waals surface area (Å²) in [6.07, 6.45) is 4.69. The maximum atomic E-state index is 8.36. The van der Waals surface area contributed by atoms with E-state index in [1.807, 2.05) is 0 Å². The molecule has 1 aliphatic carbocycles. The summed E-state index contributed by atoms with van der Waals surface area (Å²) in [4.78, 5) is 0. The highest BCUT2D eigenvalue weighted by atomic mass is 14.3. The molecule has 0 aromatic heterocycles. The summed E-state index contributed by atoms with van der Waals surface area (Å²) in [6.45, 7) is 2.28. The Kier molecular flexibility index (Phi) is 2.10. The summed E-state index contributed by atoms with van der Waals surface area (Å²) in [5.74, 6) is 1.60. The Morgan fingerprint density at radius 3 is 2.78 bits per heavy atom. The first-order valence-electron chi connectivity index (χ1n) is 3.70. The maximum Gasteiger partial charge on any atom is 0.0624 e. The zero-order valence-electron chi connectivity index (χ0n) is 5.93. The van der Waals surface area contributed by atoms with Gasteiger partial charge in [-0.2, -0.15) is 5.26 Å². The zero-order chi connectivity index (χ0) is 6.69. The molecular weight excluding hydrogens is 110 g/mol. The Balaban J connectivity index is 2.24. The van der Waals surface area contributed by atoms with Crippen molar-refractivity contribution in [2.75, 3.05) is 0 Å². The van der Waals surface area contributed by atoms with Crippen molar-refractivity contribution in [3.63, 3.8) is 0 Å². The quantitative estimate of drug-likeness (QED) is 0.525. The predicted octanol–water partition coefficient (Wildman–Crippen LogP) is 2.34. The molecule has 1 fully saturated rings. The summed E-state index contributed by atoms with van der Waals surface area (Å²) in [6, 6.07) is 2.23. The lowest BCUT2D eigenvalue weighted by Gasteiger charge is -2.00. The van der Waals surface area contributed by atoms with E-state index >= 15 is 0 Å². The molecular formula is C8H13N. The fourth-order valence-electron chi connectivity index (χ4n) is 1.64. The monoisotopic (exact) mass is 123 g/mol. The van der Waals surface area contributed by atoms with Crippen LogP contribution in [-0.2, 0) is 0 Å². The van der Waals surface area contributed by atoms with E-state index in [0.717, 1.165) is 18.3 Å². The van der Waals surface area contributed by atoms with Crippen molar-refractivity contribution in [1.29, 1.82) is 5.26 Å². The predicted molar refractivity (Wildman–Crippen MR) is 36.7 cm³/mol. The van der Waals surface area contributed by atoms with Gasteiger partial charge >= 0.3 is 0 Å². The first-order chi connectivity index (χ1) is 4.33. The first kappa shape index (κ1) is 6.61. The average Bonchev–Trinajstić information content (AvgIpc) is 2.17. The van der Waals surface area contributed by atoms with Crippen LogP contribution in [0.15, 0.2) is 0 Å². The van der Waals surface area contributed by atoms with Crippen LogP contribution in [0.5, 0.6) is 0 Å². The topological polar surface area (TPSA) is 23.8 Å². The van der Waals surface area contributed by atoms with Gasteiger partial charge in [-0.25, -0.2) is 0 Å². The molecule has 0 N–H and O–H groups in total. The van der Waals surface area contributed by atoms with Crippen LogP contribution in [0.4, 0.5) is 0 Å². The molecule has 0 aromatic carbocycles. The second-order valence-corrected chi connectivity index (χ2v) is 3.15. The van der Waals surface area contributed by atoms with Gasteiger partial charge in [-0.3, -0.25) is 0 Å². The van der Waals surface area contributed by atoms with Crippen LogP contribution in [0.25, 0.3) is 0 Å². The minimum absolute atomic E-state index is 0.727. The van der Waals surface area contributed by atoms with Gasteiger partial charge in [-0.05, 0) is 24.7 Å². The lowest BCUT2D eigenvalue weighted by atomic mass is 10.0. The molecule has 0 amide bonds. The van der Waals surface area contributed by atoms with Crippen LogP contribution >= 0.6 is 0 Å². The van der Waals surface area contributed by atoms with Crippen molar-refractivity contribution in [3.05, 3.63) is 0 Å². The van der Waals surface area contributed by atoms with E-state index in [9.17, 15) is 0 Å². The maximum absolute atomic E-state index is 8.36. The number of rotatable bonds is 1. The van der Waals surface area contributed by atoms with Gasteiger partial charge in [0.2, 0.25) is 0 Å². The molecule has 1 aliphatic rings. The van der Waals surface area contributed by atoms with Crippen LogP contribution in [-0.4, -0.2) is 0 Å². The normalized spacial score (nSPS) is 34.2. The van der Waals surface area contributed by atoms with E-state index < -0.39 is 0 Å². The van der Waals surface area contributed by atoms with Gasteiger partial charge in [-0.15, -0.1) is 0 Å². The molecule has 0 spiro atoms. The van der Waals surface area contributed by atoms with Gasteiger partial charge in [0.05, 0.1) is 6.07 Å². The SMILES string of the molecule is C[C@H]1CC[C@@H](CC#N)C1. The molecule has 0 radical (unpaired) electrons. The molecule has 50 valence electrons. The summed E-state index contributed by atoms with van der Waals surface area (Å²) in [5, 5.41) is 8.36. The van der Waals surface area contributed by atoms with Crippen LogP contribution in [0.2, 0.25) is 0 Å². The van der Waals surface area contributed by atoms with Crippen LogP contribution in [0.1, 0.15) is 32.6 Å². The van der Waals surface area contributed by atoms with Gasteiger partial charge in [0, 0.05) is 6.42 Å². The number of hydrogen-bond acceptors (Lipinski definition) is 1. The zero-order valence-corrected chi connectivity index (χ0v) is 5.93. The Morgan fingerprint density at radius 2 is 2.33 bits per heavy atom. The average molecular weight is 123 g/mol. The standard InChI is InChI=1S/C8H13N/c1-7-2-3-8(6-7)4-5-9/h7-8H,2-4,6H2,1H3/t7-,8-/m0/s1. The van der Waals surface area contributed by atoms with E-state index in [1.165, 1.54) is 19.3 Å². The molecule has 2 atom stereocenters. The molecule has 9 heavy (non-hydrogen) atoms. The van der Waals surface area contributed by atoms with Crippen LogP contribution in [0, 0.1) is 23.2 Å². The molecule has 0 aliphatic heterocycles. The highest BCUT2D eigenvalue weighted by Crippen LogP contribution is 2.31. The van der Waals surface area contributed by atoms with Gasteiger partial charge < -0.3 is 0 Å². The number of nitriles is 1. The number of nitrogens with zero attached hydrogens (tertiary/aromatic N) is 1. The summed E-state index contributed by atoms with van der Waals surface area (Å²) >= 11 is 0. The third-order valence-electron chi connectivity index (χ3n) is 2.18. The highest BCUT2D eigenvalue weighted by molar-refractivity contribution is 4.81. The first-order valence-corrected chi connectivity index (χ1v) is 3.70. The second kappa shape index (κ2) is 2.87. The fraction of sp³-hybridized carbons (Fsp3) is 0.875. The fourth-order valence-corrected chi connectivity index (χ4v) is 1.64. The van der Waals surface area contributed by atoms with E-state index in [0.29, 0.717) is 0 Å². The summed E-state index contributed by atoms with van der Waals surface area (Å²) < 4.78 is 0. The molecule has 1 saturated carbocycles. The molecule has 0 bridgehead atoms. The van der Waals surface area contributed by atoms with Crippen molar-refractivity contribution < 1.29 is 0 Å². The summed E-state index contributed by atoms with van der Waals surface area (Å²) in [5.41, 5.74) is 0. The largest absolute Gasteiger partial charge is 0.198 e. The Bertz CT molecular complexity index is 123. The van der Waals surface area contributed by atoms with Gasteiger partial charge in [-0.1, -0.05) is 13.3 Å². The molecule has 1 rings (SSSR count). The Hall–Kier alpha value is -0.510. The van der Waals surface area contributed by atoms with E-state index in [2.05, 4.69) is 13.0 Å². The third-order valence-corrected chi connectivity index (χ3v) is 2.18. The van der Waals surface area contributed by atoms with Gasteiger partial charge in [0.15, 0.2) is 0 Å². The van der Waals surface area contributed by atoms with Crippen molar-refractivity contribution in [2.24, 2.45) is 11.8 Å². The Morgan fingerprint density at radius 1 is 1.56 bits per heavy atom. The second-order valence-electron chi connectivity index (χ2n) is 3.15. The van der Waals surface area contributed by atoms with Crippen molar-refractivity contribution >= 4 is 0 Å². The minimum atomic E-state index is 0.727. The molecule has 0 unspecified atom stereocenters. The molecule has 0 saturated heterocycles.